The highest BCUT2D eigenvalue weighted by atomic mass is 16.6. The van der Waals surface area contributed by atoms with E-state index < -0.39 is 23.6 Å². The van der Waals surface area contributed by atoms with Gasteiger partial charge in [0.2, 0.25) is 0 Å². The molecule has 0 spiro atoms. The summed E-state index contributed by atoms with van der Waals surface area (Å²) in [4.78, 5) is 23.1. The fraction of sp³-hybridized carbons (Fsp3) is 0.500. The highest BCUT2D eigenvalue weighted by Gasteiger charge is 2.20. The lowest BCUT2D eigenvalue weighted by Gasteiger charge is -2.20. The molecular weight excluding hydrogens is 300 g/mol. The van der Waals surface area contributed by atoms with Crippen LogP contribution in [0.2, 0.25) is 0 Å². The van der Waals surface area contributed by atoms with Crippen LogP contribution in [0.4, 0.5) is 11.4 Å². The standard InChI is InChI=1S/C16H24N2O5/c1-16(2,3)23-15(21)10-6-7-11(17-4)12(8-10)18-9-13(22-5)14(19)20/h6-8,13,17-18H,9H2,1-5H3,(H,19,20). The largest absolute Gasteiger partial charge is 0.479 e. The minimum Gasteiger partial charge on any atom is -0.479 e. The maximum atomic E-state index is 12.1. The van der Waals surface area contributed by atoms with E-state index >= 15 is 0 Å². The molecule has 0 saturated carbocycles. The highest BCUT2D eigenvalue weighted by Crippen LogP contribution is 2.24. The Kier molecular flexibility index (Phi) is 6.38. The van der Waals surface area contributed by atoms with Crippen molar-refractivity contribution in [2.45, 2.75) is 32.5 Å². The number of aliphatic carboxylic acids is 1. The van der Waals surface area contributed by atoms with E-state index in [-0.39, 0.29) is 6.54 Å². The number of carboxylic acids is 1. The van der Waals surface area contributed by atoms with E-state index in [0.717, 1.165) is 5.69 Å². The SMILES string of the molecule is CNc1ccc(C(=O)OC(C)(C)C)cc1NCC(OC)C(=O)O. The van der Waals surface area contributed by atoms with Gasteiger partial charge in [0, 0.05) is 14.2 Å². The minimum absolute atomic E-state index is 0.0677. The molecule has 7 heteroatoms. The second-order valence-electron chi connectivity index (χ2n) is 5.96. The third-order valence-electron chi connectivity index (χ3n) is 2.96. The van der Waals surface area contributed by atoms with Gasteiger partial charge in [-0.2, -0.15) is 0 Å². The van der Waals surface area contributed by atoms with Crippen molar-refractivity contribution in [1.29, 1.82) is 0 Å². The summed E-state index contributed by atoms with van der Waals surface area (Å²) in [7, 11) is 3.06. The number of carbonyl (C=O) groups is 2. The number of ether oxygens (including phenoxy) is 2. The van der Waals surface area contributed by atoms with Gasteiger partial charge < -0.3 is 25.2 Å². The van der Waals surface area contributed by atoms with Gasteiger partial charge in [0.05, 0.1) is 23.5 Å². The average Bonchev–Trinajstić information content (AvgIpc) is 2.45. The Balaban J connectivity index is 2.95. The number of esters is 1. The Bertz CT molecular complexity index is 566. The number of benzene rings is 1. The second kappa shape index (κ2) is 7.82. The summed E-state index contributed by atoms with van der Waals surface area (Å²) in [5.74, 6) is -1.50. The van der Waals surface area contributed by atoms with Crippen molar-refractivity contribution in [2.75, 3.05) is 31.3 Å². The molecule has 0 saturated heterocycles. The number of hydrogen-bond donors (Lipinski definition) is 3. The Morgan fingerprint density at radius 3 is 2.39 bits per heavy atom. The smallest absolute Gasteiger partial charge is 0.338 e. The molecule has 1 aromatic rings. The zero-order valence-corrected chi connectivity index (χ0v) is 14.1. The second-order valence-corrected chi connectivity index (χ2v) is 5.96. The highest BCUT2D eigenvalue weighted by molar-refractivity contribution is 5.92. The van der Waals surface area contributed by atoms with Crippen molar-refractivity contribution in [1.82, 2.24) is 0 Å². The summed E-state index contributed by atoms with van der Waals surface area (Å²) < 4.78 is 10.2. The van der Waals surface area contributed by atoms with Crippen molar-refractivity contribution in [3.63, 3.8) is 0 Å². The van der Waals surface area contributed by atoms with Crippen molar-refractivity contribution < 1.29 is 24.2 Å². The molecule has 128 valence electrons. The van der Waals surface area contributed by atoms with Gasteiger partial charge >= 0.3 is 11.9 Å². The Morgan fingerprint density at radius 2 is 1.91 bits per heavy atom. The zero-order chi connectivity index (χ0) is 17.6. The summed E-state index contributed by atoms with van der Waals surface area (Å²) in [5, 5.41) is 15.0. The first kappa shape index (κ1) is 18.8. The third kappa shape index (κ3) is 5.78. The summed E-state index contributed by atoms with van der Waals surface area (Å²) in [5.41, 5.74) is 1.12. The predicted octanol–water partition coefficient (Wildman–Crippen LogP) is 2.20. The molecule has 1 unspecified atom stereocenters. The summed E-state index contributed by atoms with van der Waals surface area (Å²) >= 11 is 0. The van der Waals surface area contributed by atoms with Crippen LogP contribution in [0.25, 0.3) is 0 Å². The minimum atomic E-state index is -1.06. The molecule has 1 aromatic carbocycles. The van der Waals surface area contributed by atoms with Crippen LogP contribution in [0.15, 0.2) is 18.2 Å². The number of carboxylic acid groups (broad SMARTS) is 1. The van der Waals surface area contributed by atoms with Crippen molar-refractivity contribution in [2.24, 2.45) is 0 Å². The van der Waals surface area contributed by atoms with Crippen LogP contribution < -0.4 is 10.6 Å². The lowest BCUT2D eigenvalue weighted by atomic mass is 10.1. The first-order valence-electron chi connectivity index (χ1n) is 7.22. The van der Waals surface area contributed by atoms with Gasteiger partial charge in [-0.05, 0) is 39.0 Å². The molecule has 0 aliphatic rings. The lowest BCUT2D eigenvalue weighted by molar-refractivity contribution is -0.147. The maximum Gasteiger partial charge on any atom is 0.338 e. The predicted molar refractivity (Wildman–Crippen MR) is 88.1 cm³/mol. The number of nitrogens with one attached hydrogen (secondary N) is 2. The van der Waals surface area contributed by atoms with Crippen LogP contribution in [0, 0.1) is 0 Å². The van der Waals surface area contributed by atoms with E-state index in [2.05, 4.69) is 10.6 Å². The topological polar surface area (TPSA) is 96.9 Å². The van der Waals surface area contributed by atoms with Gasteiger partial charge in [0.25, 0.3) is 0 Å². The Labute approximate surface area is 136 Å². The number of rotatable bonds is 7. The van der Waals surface area contributed by atoms with Crippen molar-refractivity contribution in [3.8, 4) is 0 Å². The zero-order valence-electron chi connectivity index (χ0n) is 14.1. The van der Waals surface area contributed by atoms with Gasteiger partial charge in [0.15, 0.2) is 6.10 Å². The molecule has 0 bridgehead atoms. The van der Waals surface area contributed by atoms with Crippen LogP contribution >= 0.6 is 0 Å². The van der Waals surface area contributed by atoms with E-state index in [1.54, 1.807) is 46.0 Å². The molecule has 0 fully saturated rings. The normalized spacial score (nSPS) is 12.4. The number of anilines is 2. The van der Waals surface area contributed by atoms with E-state index in [1.165, 1.54) is 7.11 Å². The monoisotopic (exact) mass is 324 g/mol. The van der Waals surface area contributed by atoms with E-state index in [4.69, 9.17) is 14.6 Å². The first-order valence-corrected chi connectivity index (χ1v) is 7.22. The van der Waals surface area contributed by atoms with Crippen LogP contribution in [-0.4, -0.2) is 49.5 Å². The van der Waals surface area contributed by atoms with E-state index in [9.17, 15) is 9.59 Å². The first-order chi connectivity index (χ1) is 10.7. The lowest BCUT2D eigenvalue weighted by Crippen LogP contribution is -2.30. The van der Waals surface area contributed by atoms with Crippen LogP contribution in [-0.2, 0) is 14.3 Å². The van der Waals surface area contributed by atoms with Crippen LogP contribution in [0.1, 0.15) is 31.1 Å². The molecule has 3 N–H and O–H groups in total. The molecule has 1 atom stereocenters. The fourth-order valence-corrected chi connectivity index (χ4v) is 1.85. The molecule has 0 aliphatic heterocycles. The average molecular weight is 324 g/mol. The summed E-state index contributed by atoms with van der Waals surface area (Å²) in [6.45, 7) is 5.45. The van der Waals surface area contributed by atoms with Gasteiger partial charge in [0.1, 0.15) is 5.60 Å². The molecular formula is C16H24N2O5. The fourth-order valence-electron chi connectivity index (χ4n) is 1.85. The number of methoxy groups -OCH3 is 1. The summed E-state index contributed by atoms with van der Waals surface area (Å²) in [6, 6.07) is 4.99. The van der Waals surface area contributed by atoms with E-state index in [0.29, 0.717) is 11.3 Å². The van der Waals surface area contributed by atoms with Gasteiger partial charge in [-0.15, -0.1) is 0 Å². The molecule has 0 heterocycles. The number of carbonyl (C=O) groups excluding carboxylic acids is 1. The molecule has 7 nitrogen and oxygen atoms in total. The molecule has 0 radical (unpaired) electrons. The van der Waals surface area contributed by atoms with Gasteiger partial charge in [-0.25, -0.2) is 9.59 Å². The maximum absolute atomic E-state index is 12.1. The van der Waals surface area contributed by atoms with Crippen molar-refractivity contribution in [3.05, 3.63) is 23.8 Å². The molecule has 23 heavy (non-hydrogen) atoms. The van der Waals surface area contributed by atoms with Crippen LogP contribution in [0.3, 0.4) is 0 Å². The molecule has 0 aromatic heterocycles. The van der Waals surface area contributed by atoms with Crippen molar-refractivity contribution >= 4 is 23.3 Å². The third-order valence-corrected chi connectivity index (χ3v) is 2.96. The quantitative estimate of drug-likeness (QED) is 0.661. The van der Waals surface area contributed by atoms with Gasteiger partial charge in [-0.1, -0.05) is 0 Å². The van der Waals surface area contributed by atoms with E-state index in [1.807, 2.05) is 0 Å². The van der Waals surface area contributed by atoms with Gasteiger partial charge in [-0.3, -0.25) is 0 Å². The Morgan fingerprint density at radius 1 is 1.26 bits per heavy atom. The Hall–Kier alpha value is -2.28. The molecule has 0 aliphatic carbocycles. The molecule has 1 rings (SSSR count). The number of hydrogen-bond acceptors (Lipinski definition) is 6. The molecule has 0 amide bonds. The summed E-state index contributed by atoms with van der Waals surface area (Å²) in [6.07, 6.45) is -0.982. The van der Waals surface area contributed by atoms with Crippen LogP contribution in [0.5, 0.6) is 0 Å².